The predicted molar refractivity (Wildman–Crippen MR) is 107 cm³/mol. The summed E-state index contributed by atoms with van der Waals surface area (Å²) < 4.78 is 28.8. The number of anilines is 1. The molecule has 146 valence electrons. The molecular formula is C21H21NO5S. The lowest BCUT2D eigenvalue weighted by Crippen LogP contribution is -2.43. The van der Waals surface area contributed by atoms with Crippen LogP contribution in [0, 0.1) is 13.8 Å². The molecule has 0 aromatic heterocycles. The summed E-state index contributed by atoms with van der Waals surface area (Å²) in [6.45, 7) is 3.24. The van der Waals surface area contributed by atoms with Gasteiger partial charge in [0.2, 0.25) is 0 Å². The average Bonchev–Trinajstić information content (AvgIpc) is 3.00. The van der Waals surface area contributed by atoms with Crippen LogP contribution >= 0.6 is 0 Å². The van der Waals surface area contributed by atoms with Gasteiger partial charge in [0.15, 0.2) is 16.4 Å². The molecule has 0 radical (unpaired) electrons. The third kappa shape index (κ3) is 4.48. The fourth-order valence-corrected chi connectivity index (χ4v) is 4.41. The number of hydrogen-bond donors (Lipinski definition) is 0. The van der Waals surface area contributed by atoms with Gasteiger partial charge in [-0.15, -0.1) is 0 Å². The first kappa shape index (κ1) is 19.8. The second-order valence-corrected chi connectivity index (χ2v) is 8.65. The van der Waals surface area contributed by atoms with Crippen molar-refractivity contribution in [3.63, 3.8) is 0 Å². The highest BCUT2D eigenvalue weighted by Gasteiger charge is 2.31. The number of benzene rings is 2. The van der Waals surface area contributed by atoms with Crippen molar-refractivity contribution < 1.29 is 22.7 Å². The summed E-state index contributed by atoms with van der Waals surface area (Å²) in [4.78, 5) is 26.6. The standard InChI is InChI=1S/C21H21NO5S/c1-15-8-9-19(16(2)12-15)21(24)27-13-20(23)22(17-6-4-3-5-7-17)18-10-11-28(25,26)14-18/h3-12,18H,13-14H2,1-2H3/t18-/m1/s1. The second-order valence-electron chi connectivity index (χ2n) is 6.72. The molecule has 28 heavy (non-hydrogen) atoms. The fourth-order valence-electron chi connectivity index (χ4n) is 3.15. The summed E-state index contributed by atoms with van der Waals surface area (Å²) in [5, 5.41) is 1.11. The monoisotopic (exact) mass is 399 g/mol. The van der Waals surface area contributed by atoms with Gasteiger partial charge in [0, 0.05) is 11.1 Å². The molecule has 0 spiro atoms. The molecule has 1 atom stereocenters. The molecule has 1 amide bonds. The maximum Gasteiger partial charge on any atom is 0.338 e. The molecule has 0 bridgehead atoms. The zero-order chi connectivity index (χ0) is 20.3. The number of rotatable bonds is 5. The van der Waals surface area contributed by atoms with E-state index in [9.17, 15) is 18.0 Å². The van der Waals surface area contributed by atoms with Gasteiger partial charge in [0.25, 0.3) is 5.91 Å². The number of hydrogen-bond acceptors (Lipinski definition) is 5. The molecule has 1 heterocycles. The normalized spacial score (nSPS) is 17.3. The Morgan fingerprint density at radius 1 is 1.11 bits per heavy atom. The lowest BCUT2D eigenvalue weighted by molar-refractivity contribution is -0.121. The largest absolute Gasteiger partial charge is 0.452 e. The van der Waals surface area contributed by atoms with Crippen LogP contribution in [0.3, 0.4) is 0 Å². The van der Waals surface area contributed by atoms with Crippen molar-refractivity contribution in [2.45, 2.75) is 19.9 Å². The average molecular weight is 399 g/mol. The van der Waals surface area contributed by atoms with E-state index in [-0.39, 0.29) is 5.75 Å². The molecule has 0 N–H and O–H groups in total. The Morgan fingerprint density at radius 3 is 2.43 bits per heavy atom. The molecular weight excluding hydrogens is 378 g/mol. The van der Waals surface area contributed by atoms with Crippen molar-refractivity contribution in [3.05, 3.63) is 76.7 Å². The van der Waals surface area contributed by atoms with E-state index in [1.165, 1.54) is 11.0 Å². The van der Waals surface area contributed by atoms with Crippen molar-refractivity contribution >= 4 is 27.4 Å². The summed E-state index contributed by atoms with van der Waals surface area (Å²) >= 11 is 0. The summed E-state index contributed by atoms with van der Waals surface area (Å²) in [7, 11) is -3.35. The quantitative estimate of drug-likeness (QED) is 0.722. The van der Waals surface area contributed by atoms with E-state index >= 15 is 0 Å². The van der Waals surface area contributed by atoms with E-state index in [1.807, 2.05) is 13.0 Å². The molecule has 0 aliphatic carbocycles. The number of amides is 1. The molecule has 6 nitrogen and oxygen atoms in total. The van der Waals surface area contributed by atoms with Gasteiger partial charge in [0.05, 0.1) is 17.4 Å². The Morgan fingerprint density at radius 2 is 1.82 bits per heavy atom. The predicted octanol–water partition coefficient (Wildman–Crippen LogP) is 2.80. The van der Waals surface area contributed by atoms with Crippen LogP contribution in [0.1, 0.15) is 21.5 Å². The van der Waals surface area contributed by atoms with E-state index in [0.29, 0.717) is 11.3 Å². The minimum Gasteiger partial charge on any atom is -0.452 e. The Labute approximate surface area is 164 Å². The van der Waals surface area contributed by atoms with Crippen LogP contribution in [0.25, 0.3) is 0 Å². The zero-order valence-corrected chi connectivity index (χ0v) is 16.5. The van der Waals surface area contributed by atoms with Gasteiger partial charge in [0.1, 0.15) is 0 Å². The minimum atomic E-state index is -3.35. The molecule has 7 heteroatoms. The Bertz CT molecular complexity index is 1030. The number of carbonyl (C=O) groups excluding carboxylic acids is 2. The molecule has 0 fully saturated rings. The van der Waals surface area contributed by atoms with E-state index in [2.05, 4.69) is 0 Å². The first-order valence-corrected chi connectivity index (χ1v) is 10.5. The lowest BCUT2D eigenvalue weighted by Gasteiger charge is -2.27. The number of esters is 1. The van der Waals surface area contributed by atoms with Gasteiger partial charge < -0.3 is 9.64 Å². The molecule has 2 aromatic carbocycles. The highest BCUT2D eigenvalue weighted by molar-refractivity contribution is 7.94. The zero-order valence-electron chi connectivity index (χ0n) is 15.7. The number of sulfone groups is 1. The lowest BCUT2D eigenvalue weighted by atomic mass is 10.1. The SMILES string of the molecule is Cc1ccc(C(=O)OCC(=O)N(c2ccccc2)[C@@H]2C=CS(=O)(=O)C2)c(C)c1. The summed E-state index contributed by atoms with van der Waals surface area (Å²) in [6.07, 6.45) is 1.48. The Hall–Kier alpha value is -2.93. The highest BCUT2D eigenvalue weighted by Crippen LogP contribution is 2.23. The molecule has 0 unspecified atom stereocenters. The van der Waals surface area contributed by atoms with Gasteiger partial charge in [-0.05, 0) is 43.7 Å². The number of aryl methyl sites for hydroxylation is 2. The third-order valence-electron chi connectivity index (χ3n) is 4.47. The highest BCUT2D eigenvalue weighted by atomic mass is 32.2. The number of para-hydroxylation sites is 1. The van der Waals surface area contributed by atoms with Crippen LogP contribution in [-0.4, -0.2) is 38.7 Å². The van der Waals surface area contributed by atoms with Crippen LogP contribution in [0.2, 0.25) is 0 Å². The maximum atomic E-state index is 12.8. The number of nitrogens with zero attached hydrogens (tertiary/aromatic N) is 1. The minimum absolute atomic E-state index is 0.196. The van der Waals surface area contributed by atoms with Gasteiger partial charge in [-0.1, -0.05) is 35.9 Å². The molecule has 2 aromatic rings. The smallest absolute Gasteiger partial charge is 0.338 e. The van der Waals surface area contributed by atoms with Crippen LogP contribution in [0.4, 0.5) is 5.69 Å². The van der Waals surface area contributed by atoms with Crippen LogP contribution in [0.5, 0.6) is 0 Å². The molecule has 0 saturated heterocycles. The van der Waals surface area contributed by atoms with Crippen molar-refractivity contribution in [2.24, 2.45) is 0 Å². The van der Waals surface area contributed by atoms with E-state index < -0.39 is 34.4 Å². The molecule has 1 aliphatic rings. The first-order valence-electron chi connectivity index (χ1n) is 8.79. The van der Waals surface area contributed by atoms with E-state index in [1.54, 1.807) is 49.4 Å². The van der Waals surface area contributed by atoms with Crippen LogP contribution in [-0.2, 0) is 19.4 Å². The van der Waals surface area contributed by atoms with Crippen LogP contribution in [0.15, 0.2) is 60.0 Å². The molecule has 3 rings (SSSR count). The van der Waals surface area contributed by atoms with Crippen molar-refractivity contribution in [1.82, 2.24) is 0 Å². The fraction of sp³-hybridized carbons (Fsp3) is 0.238. The molecule has 0 saturated carbocycles. The van der Waals surface area contributed by atoms with Crippen molar-refractivity contribution in [2.75, 3.05) is 17.3 Å². The summed E-state index contributed by atoms with van der Waals surface area (Å²) in [6, 6.07) is 13.4. The number of ether oxygens (including phenoxy) is 1. The van der Waals surface area contributed by atoms with Gasteiger partial charge in [-0.25, -0.2) is 13.2 Å². The van der Waals surface area contributed by atoms with E-state index in [4.69, 9.17) is 4.74 Å². The van der Waals surface area contributed by atoms with Gasteiger partial charge in [-0.2, -0.15) is 0 Å². The van der Waals surface area contributed by atoms with Crippen molar-refractivity contribution in [3.8, 4) is 0 Å². The van der Waals surface area contributed by atoms with E-state index in [0.717, 1.165) is 16.5 Å². The van der Waals surface area contributed by atoms with Crippen molar-refractivity contribution in [1.29, 1.82) is 0 Å². The topological polar surface area (TPSA) is 80.8 Å². The first-order chi connectivity index (χ1) is 13.3. The Balaban J connectivity index is 1.76. The second kappa shape index (κ2) is 7.98. The van der Waals surface area contributed by atoms with Gasteiger partial charge >= 0.3 is 5.97 Å². The maximum absolute atomic E-state index is 12.8. The number of carbonyl (C=O) groups is 2. The summed E-state index contributed by atoms with van der Waals surface area (Å²) in [5.74, 6) is -1.27. The Kier molecular flexibility index (Phi) is 5.65. The third-order valence-corrected chi connectivity index (χ3v) is 5.85. The van der Waals surface area contributed by atoms with Gasteiger partial charge in [-0.3, -0.25) is 4.79 Å². The molecule has 1 aliphatic heterocycles. The summed E-state index contributed by atoms with van der Waals surface area (Å²) in [5.41, 5.74) is 2.73. The van der Waals surface area contributed by atoms with Crippen LogP contribution < -0.4 is 4.90 Å².